The van der Waals surface area contributed by atoms with Gasteiger partial charge in [-0.25, -0.2) is 9.97 Å². The number of nitrogens with one attached hydrogen (secondary N) is 2. The zero-order chi connectivity index (χ0) is 16.5. The van der Waals surface area contributed by atoms with Crippen LogP contribution in [-0.2, 0) is 6.61 Å². The van der Waals surface area contributed by atoms with Crippen LogP contribution in [0, 0.1) is 0 Å². The van der Waals surface area contributed by atoms with Crippen LogP contribution in [-0.4, -0.2) is 46.2 Å². The topological polar surface area (TPSA) is 77.1 Å². The molecule has 0 saturated carbocycles. The third-order valence-corrected chi connectivity index (χ3v) is 4.48. The summed E-state index contributed by atoms with van der Waals surface area (Å²) in [5.74, 6) is 0.891. The number of piperazine rings is 1. The molecule has 7 heteroatoms. The number of aliphatic hydroxyl groups excluding tert-OH is 1. The van der Waals surface area contributed by atoms with Crippen LogP contribution in [0.3, 0.4) is 0 Å². The summed E-state index contributed by atoms with van der Waals surface area (Å²) < 4.78 is 0. The lowest BCUT2D eigenvalue weighted by Crippen LogP contribution is -2.43. The molecule has 0 unspecified atom stereocenters. The van der Waals surface area contributed by atoms with Crippen molar-refractivity contribution in [2.45, 2.75) is 6.61 Å². The molecule has 4 heterocycles. The first kappa shape index (κ1) is 15.4. The van der Waals surface area contributed by atoms with Gasteiger partial charge in [0.1, 0.15) is 11.5 Å². The number of aromatic amines is 1. The van der Waals surface area contributed by atoms with Crippen LogP contribution in [0.1, 0.15) is 6.99 Å². The molecular weight excluding hydrogens is 326 g/mol. The summed E-state index contributed by atoms with van der Waals surface area (Å²) in [6.45, 7) is 3.67. The molecule has 126 valence electrons. The van der Waals surface area contributed by atoms with E-state index in [-0.39, 0.29) is 8.03 Å². The lowest BCUT2D eigenvalue weighted by molar-refractivity contribution is 0.282. The van der Waals surface area contributed by atoms with Crippen molar-refractivity contribution in [1.29, 1.82) is 0 Å². The van der Waals surface area contributed by atoms with Crippen LogP contribution in [0.4, 0.5) is 5.82 Å². The van der Waals surface area contributed by atoms with Gasteiger partial charge in [-0.15, -0.1) is 0 Å². The second-order valence-electron chi connectivity index (χ2n) is 5.87. The van der Waals surface area contributed by atoms with Gasteiger partial charge in [0.15, 0.2) is 0 Å². The second-order valence-corrected chi connectivity index (χ2v) is 6.30. The fourth-order valence-corrected chi connectivity index (χ4v) is 3.20. The van der Waals surface area contributed by atoms with Gasteiger partial charge < -0.3 is 20.3 Å². The second kappa shape index (κ2) is 6.39. The number of pyridine rings is 2. The Morgan fingerprint density at radius 1 is 1.25 bits per heavy atom. The highest BCUT2D eigenvalue weighted by atomic mass is 35.5. The molecule has 6 nitrogen and oxygen atoms in total. The van der Waals surface area contributed by atoms with Crippen molar-refractivity contribution in [3.8, 4) is 11.3 Å². The molecule has 1 aliphatic rings. The van der Waals surface area contributed by atoms with E-state index in [1.54, 1.807) is 6.20 Å². The minimum atomic E-state index is -0.0179. The maximum atomic E-state index is 9.64. The first-order valence-corrected chi connectivity index (χ1v) is 8.33. The number of hydrogen-bond acceptors (Lipinski definition) is 5. The molecule has 24 heavy (non-hydrogen) atoms. The summed E-state index contributed by atoms with van der Waals surface area (Å²) in [4.78, 5) is 14.5. The van der Waals surface area contributed by atoms with Gasteiger partial charge >= 0.3 is 0 Å². The van der Waals surface area contributed by atoms with E-state index in [1.807, 2.05) is 24.4 Å². The predicted molar refractivity (Wildman–Crippen MR) is 97.5 cm³/mol. The average molecular weight is 346 g/mol. The fourth-order valence-electron chi connectivity index (χ4n) is 3.05. The van der Waals surface area contributed by atoms with Crippen molar-refractivity contribution in [3.05, 3.63) is 41.2 Å². The lowest BCUT2D eigenvalue weighted by atomic mass is 10.1. The summed E-state index contributed by atoms with van der Waals surface area (Å²) in [6.07, 6.45) is 3.51. The number of fused-ring (bicyclic) bond motifs is 1. The largest absolute Gasteiger partial charge is 0.392 e. The Bertz CT molecular complexity index is 879. The van der Waals surface area contributed by atoms with E-state index in [9.17, 15) is 5.11 Å². The normalized spacial score (nSPS) is 15.2. The first-order chi connectivity index (χ1) is 11.7. The average Bonchev–Trinajstić information content (AvgIpc) is 3.05. The van der Waals surface area contributed by atoms with Gasteiger partial charge in [0.2, 0.25) is 0 Å². The Morgan fingerprint density at radius 3 is 2.88 bits per heavy atom. The van der Waals surface area contributed by atoms with Gasteiger partial charge in [-0.05, 0) is 23.8 Å². The van der Waals surface area contributed by atoms with Crippen LogP contribution in [0.25, 0.3) is 22.3 Å². The van der Waals surface area contributed by atoms with E-state index in [2.05, 4.69) is 20.2 Å². The van der Waals surface area contributed by atoms with E-state index >= 15 is 0 Å². The molecule has 1 saturated heterocycles. The molecule has 0 aromatic carbocycles. The predicted octanol–water partition coefficient (Wildman–Crippen LogP) is 2.43. The molecule has 0 spiro atoms. The highest BCUT2D eigenvalue weighted by Gasteiger charge is 2.16. The maximum absolute atomic E-state index is 9.64. The molecular formula is C17H20ClN5O. The van der Waals surface area contributed by atoms with E-state index in [1.165, 1.54) is 0 Å². The van der Waals surface area contributed by atoms with Crippen molar-refractivity contribution in [1.82, 2.24) is 20.3 Å². The van der Waals surface area contributed by atoms with Gasteiger partial charge in [0, 0.05) is 50.9 Å². The number of H-pyrrole nitrogens is 1. The minimum Gasteiger partial charge on any atom is -0.392 e. The molecule has 1 aliphatic heterocycles. The summed E-state index contributed by atoms with van der Waals surface area (Å²) in [5.41, 5.74) is 3.37. The fraction of sp³-hybridized carbons (Fsp3) is 0.294. The number of hydrogen-bond donors (Lipinski definition) is 3. The highest BCUT2D eigenvalue weighted by Crippen LogP contribution is 2.30. The standard InChI is InChI=1S/C17H18ClN5O.H2/c18-12-7-13-14(9-21-17(13)20-8-12)15-5-11(10-24)6-16(22-15)23-3-1-19-2-4-23;/h5-9,19,24H,1-4,10H2,(H,20,21);1H. The third kappa shape index (κ3) is 2.84. The van der Waals surface area contributed by atoms with Gasteiger partial charge in [-0.2, -0.15) is 0 Å². The van der Waals surface area contributed by atoms with E-state index in [0.29, 0.717) is 5.02 Å². The molecule has 0 bridgehead atoms. The lowest BCUT2D eigenvalue weighted by Gasteiger charge is -2.29. The Hall–Kier alpha value is -2.15. The molecule has 0 amide bonds. The van der Waals surface area contributed by atoms with Crippen molar-refractivity contribution >= 4 is 28.5 Å². The monoisotopic (exact) mass is 345 g/mol. The van der Waals surface area contributed by atoms with E-state index in [0.717, 1.165) is 59.9 Å². The van der Waals surface area contributed by atoms with Crippen LogP contribution in [0.15, 0.2) is 30.6 Å². The number of rotatable bonds is 3. The van der Waals surface area contributed by atoms with Crippen LogP contribution in [0.2, 0.25) is 5.02 Å². The molecule has 3 aromatic heterocycles. The summed E-state index contributed by atoms with van der Waals surface area (Å²) in [7, 11) is 0. The van der Waals surface area contributed by atoms with Crippen molar-refractivity contribution in [2.24, 2.45) is 0 Å². The molecule has 0 atom stereocenters. The molecule has 4 rings (SSSR count). The summed E-state index contributed by atoms with van der Waals surface area (Å²) in [6, 6.07) is 5.75. The molecule has 1 fully saturated rings. The van der Waals surface area contributed by atoms with Crippen LogP contribution >= 0.6 is 11.6 Å². The van der Waals surface area contributed by atoms with Crippen LogP contribution in [0.5, 0.6) is 0 Å². The van der Waals surface area contributed by atoms with Crippen molar-refractivity contribution < 1.29 is 6.53 Å². The number of aromatic nitrogens is 3. The quantitative estimate of drug-likeness (QED) is 0.679. The molecule has 3 aromatic rings. The Kier molecular flexibility index (Phi) is 4.10. The Labute approximate surface area is 146 Å². The van der Waals surface area contributed by atoms with E-state index < -0.39 is 0 Å². The van der Waals surface area contributed by atoms with Gasteiger partial charge in [-0.3, -0.25) is 0 Å². The molecule has 0 aliphatic carbocycles. The third-order valence-electron chi connectivity index (χ3n) is 4.27. The van der Waals surface area contributed by atoms with Crippen LogP contribution < -0.4 is 10.2 Å². The molecule has 3 N–H and O–H groups in total. The zero-order valence-electron chi connectivity index (χ0n) is 13.1. The summed E-state index contributed by atoms with van der Waals surface area (Å²) in [5, 5.41) is 14.5. The number of aliphatic hydroxyl groups is 1. The Morgan fingerprint density at radius 2 is 2.08 bits per heavy atom. The first-order valence-electron chi connectivity index (χ1n) is 7.95. The highest BCUT2D eigenvalue weighted by molar-refractivity contribution is 6.31. The van der Waals surface area contributed by atoms with Gasteiger partial charge in [0.05, 0.1) is 17.3 Å². The van der Waals surface area contributed by atoms with Crippen molar-refractivity contribution in [3.63, 3.8) is 0 Å². The summed E-state index contributed by atoms with van der Waals surface area (Å²) >= 11 is 6.09. The SMILES string of the molecule is OCc1cc(-c2c[nH]c3ncc(Cl)cc23)nc(N2CCNCC2)c1.[HH]. The Balaban J connectivity index is 0.00000182. The minimum absolute atomic E-state index is 0. The number of anilines is 1. The molecule has 0 radical (unpaired) electrons. The van der Waals surface area contributed by atoms with Crippen molar-refractivity contribution in [2.75, 3.05) is 31.1 Å². The van der Waals surface area contributed by atoms with Gasteiger partial charge in [0.25, 0.3) is 0 Å². The smallest absolute Gasteiger partial charge is 0.138 e. The number of halogens is 1. The van der Waals surface area contributed by atoms with E-state index in [4.69, 9.17) is 16.6 Å². The van der Waals surface area contributed by atoms with Gasteiger partial charge in [-0.1, -0.05) is 11.6 Å². The zero-order valence-corrected chi connectivity index (χ0v) is 13.8. The maximum Gasteiger partial charge on any atom is 0.138 e. The number of nitrogens with zero attached hydrogens (tertiary/aromatic N) is 3.